The molecule has 5 nitrogen and oxygen atoms in total. The second-order valence-corrected chi connectivity index (χ2v) is 7.29. The Morgan fingerprint density at radius 3 is 2.93 bits per heavy atom. The standard InChI is InChI=1S/C24H26N2O3/c1-28-20-7-5-18-11-13-26(23(18)16-20)14-12-25-22-9-6-19-15-17(3-8-21(19)22)4-10-24(27)29-2/h3-5,7-8,10-11,13,15-16,22,25H,6,9,12,14H2,1-2H3/b10-4+. The highest BCUT2D eigenvalue weighted by molar-refractivity contribution is 5.87. The number of carbonyl (C=O) groups excluding carboxylic acids is 1. The Hall–Kier alpha value is -3.05. The lowest BCUT2D eigenvalue weighted by atomic mass is 10.0. The number of nitrogens with one attached hydrogen (secondary N) is 1. The van der Waals surface area contributed by atoms with Gasteiger partial charge in [-0.2, -0.15) is 0 Å². The summed E-state index contributed by atoms with van der Waals surface area (Å²) in [7, 11) is 3.09. The molecule has 1 atom stereocenters. The van der Waals surface area contributed by atoms with Gasteiger partial charge in [0.25, 0.3) is 0 Å². The van der Waals surface area contributed by atoms with Crippen LogP contribution >= 0.6 is 0 Å². The molecule has 150 valence electrons. The Kier molecular flexibility index (Phi) is 5.67. The van der Waals surface area contributed by atoms with Crippen LogP contribution in [0.5, 0.6) is 5.75 Å². The summed E-state index contributed by atoms with van der Waals surface area (Å²) in [5.41, 5.74) is 4.94. The number of aromatic nitrogens is 1. The Labute approximate surface area is 170 Å². The van der Waals surface area contributed by atoms with Gasteiger partial charge in [0.1, 0.15) is 5.75 Å². The predicted molar refractivity (Wildman–Crippen MR) is 115 cm³/mol. The molecule has 2 aromatic carbocycles. The third-order valence-electron chi connectivity index (χ3n) is 5.58. The van der Waals surface area contributed by atoms with Crippen LogP contribution in [-0.2, 0) is 22.5 Å². The number of rotatable bonds is 7. The van der Waals surface area contributed by atoms with E-state index in [1.807, 2.05) is 6.07 Å². The quantitative estimate of drug-likeness (QED) is 0.487. The van der Waals surface area contributed by atoms with Crippen LogP contribution in [0, 0.1) is 0 Å². The van der Waals surface area contributed by atoms with E-state index in [1.54, 1.807) is 13.2 Å². The van der Waals surface area contributed by atoms with Crippen LogP contribution < -0.4 is 10.1 Å². The molecule has 1 aliphatic carbocycles. The summed E-state index contributed by atoms with van der Waals surface area (Å²) in [6, 6.07) is 15.1. The van der Waals surface area contributed by atoms with Crippen LogP contribution in [0.1, 0.15) is 29.2 Å². The van der Waals surface area contributed by atoms with Gasteiger partial charge in [0, 0.05) is 37.5 Å². The van der Waals surface area contributed by atoms with Crippen molar-refractivity contribution >= 4 is 22.9 Å². The van der Waals surface area contributed by atoms with Gasteiger partial charge in [0.05, 0.1) is 19.7 Å². The van der Waals surface area contributed by atoms with E-state index in [1.165, 1.54) is 35.2 Å². The van der Waals surface area contributed by atoms with Crippen LogP contribution in [0.2, 0.25) is 0 Å². The molecule has 1 unspecified atom stereocenters. The number of carbonyl (C=O) groups is 1. The van der Waals surface area contributed by atoms with Crippen LogP contribution in [0.15, 0.2) is 54.7 Å². The molecule has 0 aliphatic heterocycles. The molecule has 29 heavy (non-hydrogen) atoms. The summed E-state index contributed by atoms with van der Waals surface area (Å²) in [5, 5.41) is 4.93. The zero-order valence-electron chi connectivity index (χ0n) is 16.9. The third-order valence-corrected chi connectivity index (χ3v) is 5.58. The lowest BCUT2D eigenvalue weighted by molar-refractivity contribution is -0.134. The van der Waals surface area contributed by atoms with E-state index in [9.17, 15) is 4.79 Å². The maximum absolute atomic E-state index is 11.3. The summed E-state index contributed by atoms with van der Waals surface area (Å²) in [6.45, 7) is 1.80. The SMILES string of the molecule is COC(=O)/C=C/c1ccc2c(c1)CCC2NCCn1ccc2ccc(OC)cc21. The number of methoxy groups -OCH3 is 2. The van der Waals surface area contributed by atoms with E-state index < -0.39 is 0 Å². The first-order valence-electron chi connectivity index (χ1n) is 9.93. The monoisotopic (exact) mass is 390 g/mol. The highest BCUT2D eigenvalue weighted by Gasteiger charge is 2.21. The van der Waals surface area contributed by atoms with E-state index in [0.29, 0.717) is 6.04 Å². The first-order valence-corrected chi connectivity index (χ1v) is 9.93. The van der Waals surface area contributed by atoms with Crippen molar-refractivity contribution in [1.82, 2.24) is 9.88 Å². The molecule has 0 bridgehead atoms. The third kappa shape index (κ3) is 4.20. The molecule has 0 saturated heterocycles. The summed E-state index contributed by atoms with van der Waals surface area (Å²) < 4.78 is 12.3. The molecule has 3 aromatic rings. The fourth-order valence-corrected chi connectivity index (χ4v) is 4.03. The maximum atomic E-state index is 11.3. The van der Waals surface area contributed by atoms with E-state index >= 15 is 0 Å². The smallest absolute Gasteiger partial charge is 0.330 e. The number of benzene rings is 2. The van der Waals surface area contributed by atoms with Gasteiger partial charge in [0.15, 0.2) is 0 Å². The second-order valence-electron chi connectivity index (χ2n) is 7.29. The Bertz CT molecular complexity index is 1050. The van der Waals surface area contributed by atoms with Crippen molar-refractivity contribution in [3.05, 3.63) is 71.4 Å². The van der Waals surface area contributed by atoms with Gasteiger partial charge in [-0.1, -0.05) is 18.2 Å². The summed E-state index contributed by atoms with van der Waals surface area (Å²) in [5.74, 6) is 0.549. The zero-order valence-corrected chi connectivity index (χ0v) is 16.9. The number of nitrogens with zero attached hydrogens (tertiary/aromatic N) is 1. The minimum absolute atomic E-state index is 0.333. The molecule has 4 rings (SSSR count). The largest absolute Gasteiger partial charge is 0.497 e. The molecule has 1 aromatic heterocycles. The van der Waals surface area contributed by atoms with Crippen molar-refractivity contribution in [3.8, 4) is 5.75 Å². The normalized spacial score (nSPS) is 15.7. The zero-order chi connectivity index (χ0) is 20.2. The first-order chi connectivity index (χ1) is 14.2. The molecule has 1 aliphatic rings. The molecule has 0 amide bonds. The Morgan fingerprint density at radius 2 is 2.10 bits per heavy atom. The predicted octanol–water partition coefficient (Wildman–Crippen LogP) is 4.11. The molecular weight excluding hydrogens is 364 g/mol. The Balaban J connectivity index is 1.39. The summed E-state index contributed by atoms with van der Waals surface area (Å²) in [4.78, 5) is 11.3. The molecule has 5 heteroatoms. The van der Waals surface area contributed by atoms with E-state index in [4.69, 9.17) is 4.74 Å². The van der Waals surface area contributed by atoms with Gasteiger partial charge >= 0.3 is 5.97 Å². The van der Waals surface area contributed by atoms with Gasteiger partial charge in [-0.05, 0) is 59.2 Å². The summed E-state index contributed by atoms with van der Waals surface area (Å²) in [6.07, 6.45) is 7.55. The van der Waals surface area contributed by atoms with E-state index in [-0.39, 0.29) is 5.97 Å². The average molecular weight is 390 g/mol. The van der Waals surface area contributed by atoms with Gasteiger partial charge in [0.2, 0.25) is 0 Å². The molecule has 0 spiro atoms. The lowest BCUT2D eigenvalue weighted by Crippen LogP contribution is -2.23. The first kappa shape index (κ1) is 19.3. The van der Waals surface area contributed by atoms with Crippen LogP contribution in [-0.4, -0.2) is 31.3 Å². The highest BCUT2D eigenvalue weighted by Crippen LogP contribution is 2.32. The molecule has 0 saturated carbocycles. The maximum Gasteiger partial charge on any atom is 0.330 e. The van der Waals surface area contributed by atoms with Gasteiger partial charge in [-0.3, -0.25) is 0 Å². The van der Waals surface area contributed by atoms with Crippen molar-refractivity contribution in [2.45, 2.75) is 25.4 Å². The topological polar surface area (TPSA) is 52.5 Å². The molecule has 1 N–H and O–H groups in total. The van der Waals surface area contributed by atoms with E-state index in [0.717, 1.165) is 37.2 Å². The minimum atomic E-state index is -0.333. The van der Waals surface area contributed by atoms with Gasteiger partial charge in [-0.25, -0.2) is 4.79 Å². The number of ether oxygens (including phenoxy) is 2. The van der Waals surface area contributed by atoms with E-state index in [2.05, 4.69) is 57.2 Å². The van der Waals surface area contributed by atoms with Crippen molar-refractivity contribution in [1.29, 1.82) is 0 Å². The van der Waals surface area contributed by atoms with Crippen LogP contribution in [0.3, 0.4) is 0 Å². The molecule has 0 fully saturated rings. The van der Waals surface area contributed by atoms with Crippen molar-refractivity contribution in [2.75, 3.05) is 20.8 Å². The van der Waals surface area contributed by atoms with Crippen LogP contribution in [0.4, 0.5) is 0 Å². The summed E-state index contributed by atoms with van der Waals surface area (Å²) >= 11 is 0. The van der Waals surface area contributed by atoms with Crippen molar-refractivity contribution in [2.24, 2.45) is 0 Å². The number of aryl methyl sites for hydroxylation is 1. The number of hydrogen-bond acceptors (Lipinski definition) is 4. The number of esters is 1. The highest BCUT2D eigenvalue weighted by atomic mass is 16.5. The fourth-order valence-electron chi connectivity index (χ4n) is 4.03. The lowest BCUT2D eigenvalue weighted by Gasteiger charge is -2.15. The fraction of sp³-hybridized carbons (Fsp3) is 0.292. The van der Waals surface area contributed by atoms with Crippen molar-refractivity contribution < 1.29 is 14.3 Å². The van der Waals surface area contributed by atoms with Crippen LogP contribution in [0.25, 0.3) is 17.0 Å². The molecule has 0 radical (unpaired) electrons. The molecule has 1 heterocycles. The van der Waals surface area contributed by atoms with Gasteiger partial charge < -0.3 is 19.4 Å². The van der Waals surface area contributed by atoms with Crippen molar-refractivity contribution in [3.63, 3.8) is 0 Å². The number of fused-ring (bicyclic) bond motifs is 2. The minimum Gasteiger partial charge on any atom is -0.497 e. The average Bonchev–Trinajstić information content (AvgIpc) is 3.35. The second kappa shape index (κ2) is 8.53. The Morgan fingerprint density at radius 1 is 1.21 bits per heavy atom. The van der Waals surface area contributed by atoms with Gasteiger partial charge in [-0.15, -0.1) is 0 Å². The number of hydrogen-bond donors (Lipinski definition) is 1. The molecular formula is C24H26N2O3.